The number of unbranched alkanes of at least 4 members (excludes halogenated alkanes) is 22. The quantitative estimate of drug-likeness (QED) is 0.0199. The molecule has 0 aliphatic heterocycles. The third-order valence-corrected chi connectivity index (χ3v) is 11.1. The van der Waals surface area contributed by atoms with Crippen molar-refractivity contribution in [2.24, 2.45) is 0 Å². The highest BCUT2D eigenvalue weighted by Crippen LogP contribution is 2.13. The van der Waals surface area contributed by atoms with E-state index >= 15 is 0 Å². The summed E-state index contributed by atoms with van der Waals surface area (Å²) in [6.07, 6.45) is 72.2. The summed E-state index contributed by atoms with van der Waals surface area (Å²) in [5.41, 5.74) is 0. The maximum Gasteiger partial charge on any atom is 0.306 e. The lowest BCUT2D eigenvalue weighted by molar-refractivity contribution is -0.167. The molecule has 0 aromatic carbocycles. The van der Waals surface area contributed by atoms with Gasteiger partial charge in [0.1, 0.15) is 13.2 Å². The Morgan fingerprint density at radius 2 is 0.667 bits per heavy atom. The fraction of sp³-hybridized carbons (Fsp3) is 0.650. The molecular weight excluding hydrogens is 817 g/mol. The van der Waals surface area contributed by atoms with Crippen LogP contribution < -0.4 is 0 Å². The van der Waals surface area contributed by atoms with Gasteiger partial charge >= 0.3 is 17.9 Å². The van der Waals surface area contributed by atoms with Crippen molar-refractivity contribution in [3.63, 3.8) is 0 Å². The zero-order valence-electron chi connectivity index (χ0n) is 42.7. The van der Waals surface area contributed by atoms with Gasteiger partial charge in [-0.15, -0.1) is 0 Å². The van der Waals surface area contributed by atoms with Crippen molar-refractivity contribution in [3.8, 4) is 0 Å². The molecule has 0 radical (unpaired) electrons. The van der Waals surface area contributed by atoms with Crippen LogP contribution in [0, 0.1) is 0 Å². The van der Waals surface area contributed by atoms with Gasteiger partial charge in [0.2, 0.25) is 0 Å². The molecule has 0 heterocycles. The molecule has 6 heteroatoms. The highest BCUT2D eigenvalue weighted by molar-refractivity contribution is 5.71. The average molecular weight is 915 g/mol. The number of allylic oxidation sites excluding steroid dienone is 18. The Kier molecular flexibility index (Phi) is 50.5. The molecule has 0 spiro atoms. The number of hydrogen-bond donors (Lipinski definition) is 0. The van der Waals surface area contributed by atoms with E-state index in [2.05, 4.69) is 130 Å². The van der Waals surface area contributed by atoms with Crippen molar-refractivity contribution in [3.05, 3.63) is 109 Å². The van der Waals surface area contributed by atoms with Gasteiger partial charge in [0.25, 0.3) is 0 Å². The van der Waals surface area contributed by atoms with Crippen molar-refractivity contribution in [2.75, 3.05) is 13.2 Å². The first kappa shape index (κ1) is 62.1. The molecular formula is C60H98O6. The third kappa shape index (κ3) is 51.1. The van der Waals surface area contributed by atoms with Crippen LogP contribution in [-0.4, -0.2) is 37.2 Å². The second-order valence-corrected chi connectivity index (χ2v) is 17.5. The minimum absolute atomic E-state index is 0.117. The first-order chi connectivity index (χ1) is 32.5. The monoisotopic (exact) mass is 915 g/mol. The van der Waals surface area contributed by atoms with Crippen molar-refractivity contribution < 1.29 is 28.6 Å². The first-order valence-electron chi connectivity index (χ1n) is 27.0. The van der Waals surface area contributed by atoms with Crippen molar-refractivity contribution >= 4 is 17.9 Å². The Labute approximate surface area is 406 Å². The lowest BCUT2D eigenvalue weighted by atomic mass is 10.1. The lowest BCUT2D eigenvalue weighted by Gasteiger charge is -2.18. The van der Waals surface area contributed by atoms with Gasteiger partial charge in [-0.05, 0) is 96.3 Å². The fourth-order valence-corrected chi connectivity index (χ4v) is 7.05. The van der Waals surface area contributed by atoms with Gasteiger partial charge in [-0.2, -0.15) is 0 Å². The molecule has 0 aromatic heterocycles. The number of carbonyl (C=O) groups is 3. The molecule has 0 N–H and O–H groups in total. The van der Waals surface area contributed by atoms with Crippen LogP contribution in [0.4, 0.5) is 0 Å². The van der Waals surface area contributed by atoms with Crippen LogP contribution in [0.3, 0.4) is 0 Å². The summed E-state index contributed by atoms with van der Waals surface area (Å²) in [5.74, 6) is -1.01. The highest BCUT2D eigenvalue weighted by atomic mass is 16.6. The van der Waals surface area contributed by atoms with Crippen LogP contribution in [0.2, 0.25) is 0 Å². The van der Waals surface area contributed by atoms with Crippen LogP contribution in [-0.2, 0) is 28.6 Å². The summed E-state index contributed by atoms with van der Waals surface area (Å²) in [7, 11) is 0. The Balaban J connectivity index is 4.54. The number of rotatable bonds is 47. The van der Waals surface area contributed by atoms with Crippen LogP contribution in [0.1, 0.15) is 233 Å². The van der Waals surface area contributed by atoms with Crippen molar-refractivity contribution in [1.82, 2.24) is 0 Å². The van der Waals surface area contributed by atoms with E-state index in [1.54, 1.807) is 0 Å². The summed E-state index contributed by atoms with van der Waals surface area (Å²) in [5, 5.41) is 0. The van der Waals surface area contributed by atoms with E-state index in [4.69, 9.17) is 14.2 Å². The first-order valence-corrected chi connectivity index (χ1v) is 27.0. The summed E-state index contributed by atoms with van der Waals surface area (Å²) >= 11 is 0. The summed E-state index contributed by atoms with van der Waals surface area (Å²) in [4.78, 5) is 38.0. The Hall–Kier alpha value is -3.93. The van der Waals surface area contributed by atoms with Gasteiger partial charge in [0.05, 0.1) is 0 Å². The Morgan fingerprint density at radius 1 is 0.333 bits per heavy atom. The Morgan fingerprint density at radius 3 is 1.09 bits per heavy atom. The number of ether oxygens (including phenoxy) is 3. The van der Waals surface area contributed by atoms with E-state index < -0.39 is 6.10 Å². The number of carbonyl (C=O) groups excluding carboxylic acids is 3. The zero-order valence-corrected chi connectivity index (χ0v) is 42.7. The van der Waals surface area contributed by atoms with Crippen LogP contribution >= 0.6 is 0 Å². The molecule has 0 bridgehead atoms. The number of esters is 3. The predicted octanol–water partition coefficient (Wildman–Crippen LogP) is 17.9. The SMILES string of the molecule is CC\C=C/C=C\C=C/CCCCCCCC(=O)OCC(COC(=O)CCCCCCC\C=C/C=C\C=C/CCCCCCC)OC(=O)CCC/C=C\C/C=C\C/C=C\CCCCCCCC. The minimum atomic E-state index is -0.823. The maximum absolute atomic E-state index is 12.8. The molecule has 0 saturated heterocycles. The van der Waals surface area contributed by atoms with Gasteiger partial charge in [0.15, 0.2) is 6.10 Å². The highest BCUT2D eigenvalue weighted by Gasteiger charge is 2.19. The second-order valence-electron chi connectivity index (χ2n) is 17.5. The predicted molar refractivity (Wildman–Crippen MR) is 283 cm³/mol. The van der Waals surface area contributed by atoms with Gasteiger partial charge in [-0.3, -0.25) is 14.4 Å². The second kappa shape index (κ2) is 53.7. The summed E-state index contributed by atoms with van der Waals surface area (Å²) in [6, 6.07) is 0. The molecule has 0 saturated carbocycles. The van der Waals surface area contributed by atoms with E-state index in [-0.39, 0.29) is 37.5 Å². The number of hydrogen-bond acceptors (Lipinski definition) is 6. The molecule has 6 nitrogen and oxygen atoms in total. The van der Waals surface area contributed by atoms with Crippen LogP contribution in [0.15, 0.2) is 109 Å². The molecule has 0 fully saturated rings. The summed E-state index contributed by atoms with van der Waals surface area (Å²) in [6.45, 7) is 6.40. The molecule has 0 aliphatic rings. The van der Waals surface area contributed by atoms with E-state index in [0.29, 0.717) is 19.3 Å². The van der Waals surface area contributed by atoms with Crippen molar-refractivity contribution in [2.45, 2.75) is 239 Å². The van der Waals surface area contributed by atoms with E-state index in [9.17, 15) is 14.4 Å². The largest absolute Gasteiger partial charge is 0.462 e. The Bertz CT molecular complexity index is 1370. The van der Waals surface area contributed by atoms with E-state index in [1.165, 1.54) is 77.0 Å². The van der Waals surface area contributed by atoms with E-state index in [1.807, 2.05) is 0 Å². The lowest BCUT2D eigenvalue weighted by Crippen LogP contribution is -2.30. The van der Waals surface area contributed by atoms with Gasteiger partial charge in [-0.1, -0.05) is 226 Å². The molecule has 0 amide bonds. The molecule has 0 rings (SSSR count). The van der Waals surface area contributed by atoms with Gasteiger partial charge in [0, 0.05) is 19.3 Å². The molecule has 374 valence electrons. The third-order valence-electron chi connectivity index (χ3n) is 11.1. The van der Waals surface area contributed by atoms with Gasteiger partial charge < -0.3 is 14.2 Å². The minimum Gasteiger partial charge on any atom is -0.462 e. The summed E-state index contributed by atoms with van der Waals surface area (Å²) < 4.78 is 16.7. The molecule has 1 unspecified atom stereocenters. The van der Waals surface area contributed by atoms with Crippen molar-refractivity contribution in [1.29, 1.82) is 0 Å². The average Bonchev–Trinajstić information content (AvgIpc) is 3.31. The zero-order chi connectivity index (χ0) is 47.9. The molecule has 0 aromatic rings. The van der Waals surface area contributed by atoms with Crippen LogP contribution in [0.5, 0.6) is 0 Å². The van der Waals surface area contributed by atoms with Crippen LogP contribution in [0.25, 0.3) is 0 Å². The standard InChI is InChI=1S/C60H98O6/c1-4-7-10-13-16-19-22-25-27-29-31-32-35-38-41-44-47-50-53-59(62)65-56-57(55-64-58(61)52-49-46-43-40-37-34-24-21-18-15-12-9-6-3)66-60(63)54-51-48-45-42-39-36-33-30-28-26-23-20-17-14-11-8-5-2/h9,12,15,18,21-22,24-29,31-33,36,42,45,57H,4-8,10-11,13-14,16-17,19-20,23,30,34-35,37-41,43-44,46-56H2,1-3H3/b12-9-,18-15-,24-21-,25-22-,28-26-,29-27-,32-31-,36-33-,45-42-. The molecule has 1 atom stereocenters. The fourth-order valence-electron chi connectivity index (χ4n) is 7.05. The van der Waals surface area contributed by atoms with Gasteiger partial charge in [-0.25, -0.2) is 0 Å². The molecule has 66 heavy (non-hydrogen) atoms. The normalized spacial score (nSPS) is 13.0. The molecule has 0 aliphatic carbocycles. The smallest absolute Gasteiger partial charge is 0.306 e. The maximum atomic E-state index is 12.8. The van der Waals surface area contributed by atoms with E-state index in [0.717, 1.165) is 109 Å². The topological polar surface area (TPSA) is 78.9 Å².